The van der Waals surface area contributed by atoms with Crippen molar-refractivity contribution in [2.45, 2.75) is 18.9 Å². The first-order valence-electron chi connectivity index (χ1n) is 8.12. The maximum atomic E-state index is 12.0. The molecule has 0 atom stereocenters. The van der Waals surface area contributed by atoms with Gasteiger partial charge in [0.2, 0.25) is 5.82 Å². The molecule has 0 saturated heterocycles. The van der Waals surface area contributed by atoms with E-state index in [0.29, 0.717) is 23.3 Å². The monoisotopic (exact) mass is 335 g/mol. The number of amides is 1. The Balaban J connectivity index is 1.54. The molecule has 0 radical (unpaired) electrons. The SMILES string of the molecule is COc1cccc(-c2nc(-c3ccc(C(=O)NC4CC4)cc3)no2)c1. The highest BCUT2D eigenvalue weighted by Crippen LogP contribution is 2.25. The third-order valence-electron chi connectivity index (χ3n) is 4.06. The van der Waals surface area contributed by atoms with E-state index in [4.69, 9.17) is 9.26 Å². The average molecular weight is 335 g/mol. The molecule has 0 unspecified atom stereocenters. The zero-order chi connectivity index (χ0) is 17.2. The number of aromatic nitrogens is 2. The molecule has 1 aromatic heterocycles. The fourth-order valence-electron chi connectivity index (χ4n) is 2.48. The van der Waals surface area contributed by atoms with E-state index in [1.54, 1.807) is 19.2 Å². The number of carbonyl (C=O) groups excluding carboxylic acids is 1. The second-order valence-corrected chi connectivity index (χ2v) is 5.98. The minimum Gasteiger partial charge on any atom is -0.497 e. The van der Waals surface area contributed by atoms with E-state index < -0.39 is 0 Å². The van der Waals surface area contributed by atoms with Crippen molar-refractivity contribution in [2.24, 2.45) is 0 Å². The molecule has 1 aliphatic rings. The lowest BCUT2D eigenvalue weighted by molar-refractivity contribution is 0.0951. The number of hydrogen-bond acceptors (Lipinski definition) is 5. The Morgan fingerprint density at radius 2 is 1.96 bits per heavy atom. The van der Waals surface area contributed by atoms with Crippen LogP contribution < -0.4 is 10.1 Å². The summed E-state index contributed by atoms with van der Waals surface area (Å²) in [6, 6.07) is 15.0. The maximum absolute atomic E-state index is 12.0. The van der Waals surface area contributed by atoms with Crippen molar-refractivity contribution in [3.05, 3.63) is 54.1 Å². The fraction of sp³-hybridized carbons (Fsp3) is 0.211. The van der Waals surface area contributed by atoms with Crippen LogP contribution in [-0.2, 0) is 0 Å². The molecule has 1 aliphatic carbocycles. The molecule has 6 heteroatoms. The zero-order valence-corrected chi connectivity index (χ0v) is 13.7. The van der Waals surface area contributed by atoms with Crippen molar-refractivity contribution in [3.63, 3.8) is 0 Å². The molecule has 1 N–H and O–H groups in total. The Labute approximate surface area is 144 Å². The predicted molar refractivity (Wildman–Crippen MR) is 92.2 cm³/mol. The summed E-state index contributed by atoms with van der Waals surface area (Å²) in [7, 11) is 1.61. The van der Waals surface area contributed by atoms with Crippen LogP contribution in [0.4, 0.5) is 0 Å². The van der Waals surface area contributed by atoms with Crippen molar-refractivity contribution < 1.29 is 14.1 Å². The van der Waals surface area contributed by atoms with E-state index >= 15 is 0 Å². The average Bonchev–Trinajstić information content (AvgIpc) is 3.33. The standard InChI is InChI=1S/C19H17N3O3/c1-24-16-4-2-3-14(11-16)19-21-17(22-25-19)12-5-7-13(8-6-12)18(23)20-15-9-10-15/h2-8,11,15H,9-10H2,1H3,(H,20,23). The summed E-state index contributed by atoms with van der Waals surface area (Å²) < 4.78 is 10.6. The summed E-state index contributed by atoms with van der Waals surface area (Å²) in [5, 5.41) is 6.99. The van der Waals surface area contributed by atoms with Gasteiger partial charge in [0.25, 0.3) is 11.8 Å². The second kappa shape index (κ2) is 6.39. The number of benzene rings is 2. The summed E-state index contributed by atoms with van der Waals surface area (Å²) in [6.07, 6.45) is 2.14. The van der Waals surface area contributed by atoms with Gasteiger partial charge in [-0.2, -0.15) is 4.98 Å². The number of methoxy groups -OCH3 is 1. The van der Waals surface area contributed by atoms with Crippen LogP contribution in [0.5, 0.6) is 5.75 Å². The zero-order valence-electron chi connectivity index (χ0n) is 13.7. The lowest BCUT2D eigenvalue weighted by Gasteiger charge is -2.03. The van der Waals surface area contributed by atoms with Gasteiger partial charge in [0.15, 0.2) is 0 Å². The first-order valence-corrected chi connectivity index (χ1v) is 8.12. The molecule has 1 fully saturated rings. The molecule has 126 valence electrons. The van der Waals surface area contributed by atoms with Crippen LogP contribution in [-0.4, -0.2) is 29.2 Å². The largest absolute Gasteiger partial charge is 0.497 e. The van der Waals surface area contributed by atoms with Crippen LogP contribution in [0.2, 0.25) is 0 Å². The van der Waals surface area contributed by atoms with E-state index in [9.17, 15) is 4.79 Å². The van der Waals surface area contributed by atoms with Gasteiger partial charge in [-0.05, 0) is 43.2 Å². The molecular weight excluding hydrogens is 318 g/mol. The third kappa shape index (κ3) is 3.38. The summed E-state index contributed by atoms with van der Waals surface area (Å²) in [5.41, 5.74) is 2.21. The topological polar surface area (TPSA) is 77.2 Å². The van der Waals surface area contributed by atoms with E-state index in [-0.39, 0.29) is 5.91 Å². The van der Waals surface area contributed by atoms with Crippen molar-refractivity contribution in [1.29, 1.82) is 0 Å². The summed E-state index contributed by atoms with van der Waals surface area (Å²) >= 11 is 0. The van der Waals surface area contributed by atoms with Gasteiger partial charge < -0.3 is 14.6 Å². The molecule has 0 spiro atoms. The first-order chi connectivity index (χ1) is 12.2. The van der Waals surface area contributed by atoms with Gasteiger partial charge in [0, 0.05) is 22.7 Å². The maximum Gasteiger partial charge on any atom is 0.258 e. The minimum atomic E-state index is -0.0424. The van der Waals surface area contributed by atoms with Crippen LogP contribution in [0.15, 0.2) is 53.1 Å². The molecule has 1 heterocycles. The van der Waals surface area contributed by atoms with Gasteiger partial charge in [-0.25, -0.2) is 0 Å². The predicted octanol–water partition coefficient (Wildman–Crippen LogP) is 3.30. The number of nitrogens with one attached hydrogen (secondary N) is 1. The van der Waals surface area contributed by atoms with Gasteiger partial charge in [0.05, 0.1) is 7.11 Å². The van der Waals surface area contributed by atoms with Crippen LogP contribution in [0, 0.1) is 0 Å². The molecule has 0 bridgehead atoms. The highest BCUT2D eigenvalue weighted by molar-refractivity contribution is 5.94. The minimum absolute atomic E-state index is 0.0424. The summed E-state index contributed by atoms with van der Waals surface area (Å²) in [4.78, 5) is 16.4. The van der Waals surface area contributed by atoms with E-state index in [1.165, 1.54) is 0 Å². The number of nitrogens with zero attached hydrogens (tertiary/aromatic N) is 2. The molecule has 1 saturated carbocycles. The Bertz CT molecular complexity index is 898. The van der Waals surface area contributed by atoms with Gasteiger partial charge in [-0.15, -0.1) is 0 Å². The Kier molecular flexibility index (Phi) is 3.93. The molecule has 1 amide bonds. The second-order valence-electron chi connectivity index (χ2n) is 5.98. The number of hydrogen-bond donors (Lipinski definition) is 1. The van der Waals surface area contributed by atoms with Gasteiger partial charge in [0.1, 0.15) is 5.75 Å². The Morgan fingerprint density at radius 3 is 2.68 bits per heavy atom. The summed E-state index contributed by atoms with van der Waals surface area (Å²) in [5.74, 6) is 1.58. The lowest BCUT2D eigenvalue weighted by atomic mass is 10.1. The molecule has 3 aromatic rings. The third-order valence-corrected chi connectivity index (χ3v) is 4.06. The highest BCUT2D eigenvalue weighted by atomic mass is 16.5. The highest BCUT2D eigenvalue weighted by Gasteiger charge is 2.23. The van der Waals surface area contributed by atoms with Crippen LogP contribution in [0.25, 0.3) is 22.8 Å². The number of rotatable bonds is 5. The normalized spacial score (nSPS) is 13.5. The molecular formula is C19H17N3O3. The first kappa shape index (κ1) is 15.4. The molecule has 2 aromatic carbocycles. The fourth-order valence-corrected chi connectivity index (χ4v) is 2.48. The molecule has 6 nitrogen and oxygen atoms in total. The Morgan fingerprint density at radius 1 is 1.16 bits per heavy atom. The number of carbonyl (C=O) groups is 1. The van der Waals surface area contributed by atoms with Gasteiger partial charge in [-0.1, -0.05) is 23.4 Å². The van der Waals surface area contributed by atoms with Crippen molar-refractivity contribution >= 4 is 5.91 Å². The van der Waals surface area contributed by atoms with Crippen LogP contribution >= 0.6 is 0 Å². The van der Waals surface area contributed by atoms with Crippen LogP contribution in [0.1, 0.15) is 23.2 Å². The van der Waals surface area contributed by atoms with E-state index in [1.807, 2.05) is 36.4 Å². The smallest absolute Gasteiger partial charge is 0.258 e. The number of ether oxygens (including phenoxy) is 1. The van der Waals surface area contributed by atoms with E-state index in [2.05, 4.69) is 15.5 Å². The molecule has 25 heavy (non-hydrogen) atoms. The quantitative estimate of drug-likeness (QED) is 0.774. The van der Waals surface area contributed by atoms with Crippen molar-refractivity contribution in [2.75, 3.05) is 7.11 Å². The lowest BCUT2D eigenvalue weighted by Crippen LogP contribution is -2.25. The Hall–Kier alpha value is -3.15. The van der Waals surface area contributed by atoms with Crippen molar-refractivity contribution in [3.8, 4) is 28.6 Å². The molecule has 0 aliphatic heterocycles. The summed E-state index contributed by atoms with van der Waals surface area (Å²) in [6.45, 7) is 0. The van der Waals surface area contributed by atoms with Crippen LogP contribution in [0.3, 0.4) is 0 Å². The van der Waals surface area contributed by atoms with Gasteiger partial charge >= 0.3 is 0 Å². The molecule has 4 rings (SSSR count). The van der Waals surface area contributed by atoms with Gasteiger partial charge in [-0.3, -0.25) is 4.79 Å². The van der Waals surface area contributed by atoms with E-state index in [0.717, 1.165) is 29.7 Å². The van der Waals surface area contributed by atoms with Crippen molar-refractivity contribution in [1.82, 2.24) is 15.5 Å².